The lowest BCUT2D eigenvalue weighted by Gasteiger charge is -2.26. The van der Waals surface area contributed by atoms with Crippen molar-refractivity contribution in [2.24, 2.45) is 0 Å². The van der Waals surface area contributed by atoms with Crippen molar-refractivity contribution >= 4 is 17.7 Å². The van der Waals surface area contributed by atoms with Crippen molar-refractivity contribution in [3.05, 3.63) is 12.1 Å². The standard InChI is InChI=1S/C12H17NO5/c14-8-10(15)4-5-12(17)18-9-11(16)13-6-2-1-3-7-13/h4-5,14H,1-3,6-9H2/b5-4+/i4D,5D. The minimum Gasteiger partial charge on any atom is -0.452 e. The lowest BCUT2D eigenvalue weighted by atomic mass is 10.1. The van der Waals surface area contributed by atoms with Crippen molar-refractivity contribution in [1.29, 1.82) is 0 Å². The van der Waals surface area contributed by atoms with E-state index in [2.05, 4.69) is 4.74 Å². The van der Waals surface area contributed by atoms with E-state index in [1.165, 1.54) is 0 Å². The first-order chi connectivity index (χ1) is 9.47. The van der Waals surface area contributed by atoms with Crippen LogP contribution in [0.2, 0.25) is 0 Å². The molecular formula is C12H17NO5. The Morgan fingerprint density at radius 2 is 1.89 bits per heavy atom. The highest BCUT2D eigenvalue weighted by atomic mass is 16.5. The predicted octanol–water partition coefficient (Wildman–Crippen LogP) is -0.340. The second-order valence-corrected chi connectivity index (χ2v) is 3.85. The fourth-order valence-corrected chi connectivity index (χ4v) is 1.56. The van der Waals surface area contributed by atoms with E-state index >= 15 is 0 Å². The van der Waals surface area contributed by atoms with Gasteiger partial charge in [-0.15, -0.1) is 0 Å². The van der Waals surface area contributed by atoms with Crippen LogP contribution in [0.25, 0.3) is 0 Å². The number of carbonyl (C=O) groups is 3. The second kappa shape index (κ2) is 7.60. The Morgan fingerprint density at radius 1 is 1.22 bits per heavy atom. The van der Waals surface area contributed by atoms with Crippen LogP contribution in [0.1, 0.15) is 22.0 Å². The lowest BCUT2D eigenvalue weighted by molar-refractivity contribution is -0.148. The number of aliphatic hydroxyl groups excluding tert-OH is 1. The molecule has 0 bridgehead atoms. The Kier molecular flexibility index (Phi) is 4.81. The van der Waals surface area contributed by atoms with Crippen LogP contribution in [0.3, 0.4) is 0 Å². The summed E-state index contributed by atoms with van der Waals surface area (Å²) < 4.78 is 19.1. The molecule has 6 heteroatoms. The van der Waals surface area contributed by atoms with Crippen molar-refractivity contribution in [2.45, 2.75) is 19.3 Å². The Labute approximate surface area is 108 Å². The number of amides is 1. The van der Waals surface area contributed by atoms with Gasteiger partial charge in [0.25, 0.3) is 5.91 Å². The molecule has 0 saturated carbocycles. The topological polar surface area (TPSA) is 83.9 Å². The summed E-state index contributed by atoms with van der Waals surface area (Å²) in [7, 11) is 0. The smallest absolute Gasteiger partial charge is 0.331 e. The Bertz CT molecular complexity index is 430. The monoisotopic (exact) mass is 257 g/mol. The number of piperidine rings is 1. The summed E-state index contributed by atoms with van der Waals surface area (Å²) >= 11 is 0. The van der Waals surface area contributed by atoms with E-state index in [4.69, 9.17) is 7.85 Å². The largest absolute Gasteiger partial charge is 0.452 e. The summed E-state index contributed by atoms with van der Waals surface area (Å²) in [6.45, 7) is -0.234. The summed E-state index contributed by atoms with van der Waals surface area (Å²) in [4.78, 5) is 35.6. The normalized spacial score (nSPS) is 18.4. The Hall–Kier alpha value is -1.69. The van der Waals surface area contributed by atoms with Gasteiger partial charge in [0.05, 0.1) is 2.74 Å². The van der Waals surface area contributed by atoms with Crippen LogP contribution >= 0.6 is 0 Å². The number of ketones is 1. The molecule has 1 fully saturated rings. The average molecular weight is 257 g/mol. The predicted molar refractivity (Wildman–Crippen MR) is 62.6 cm³/mol. The van der Waals surface area contributed by atoms with Gasteiger partial charge in [0.2, 0.25) is 0 Å². The number of rotatable bonds is 5. The van der Waals surface area contributed by atoms with Crippen molar-refractivity contribution in [1.82, 2.24) is 4.90 Å². The molecule has 0 radical (unpaired) electrons. The van der Waals surface area contributed by atoms with E-state index in [0.717, 1.165) is 19.3 Å². The molecule has 1 aliphatic heterocycles. The third kappa shape index (κ3) is 5.09. The zero-order chi connectivity index (χ0) is 15.1. The number of ether oxygens (including phenoxy) is 1. The summed E-state index contributed by atoms with van der Waals surface area (Å²) in [5.74, 6) is -2.62. The molecular weight excluding hydrogens is 238 g/mol. The van der Waals surface area contributed by atoms with Gasteiger partial charge in [-0.1, -0.05) is 0 Å². The maximum absolute atomic E-state index is 11.7. The van der Waals surface area contributed by atoms with E-state index in [0.29, 0.717) is 13.1 Å². The van der Waals surface area contributed by atoms with Crippen molar-refractivity contribution in [2.75, 3.05) is 26.3 Å². The molecule has 1 heterocycles. The van der Waals surface area contributed by atoms with Crippen molar-refractivity contribution in [3.63, 3.8) is 0 Å². The maximum atomic E-state index is 11.7. The quantitative estimate of drug-likeness (QED) is 0.538. The SMILES string of the molecule is [2H]/C(C(=O)CO)=C(/[2H])C(=O)OCC(=O)N1CCCCC1. The van der Waals surface area contributed by atoms with Crippen LogP contribution in [0, 0.1) is 0 Å². The molecule has 1 aliphatic rings. The Morgan fingerprint density at radius 3 is 2.50 bits per heavy atom. The van der Waals surface area contributed by atoms with Gasteiger partial charge >= 0.3 is 5.97 Å². The minimum atomic E-state index is -1.22. The van der Waals surface area contributed by atoms with Crippen molar-refractivity contribution < 1.29 is 27.0 Å². The molecule has 1 N–H and O–H groups in total. The van der Waals surface area contributed by atoms with Gasteiger partial charge < -0.3 is 14.7 Å². The maximum Gasteiger partial charge on any atom is 0.331 e. The lowest BCUT2D eigenvalue weighted by Crippen LogP contribution is -2.38. The van der Waals surface area contributed by atoms with Gasteiger partial charge in [-0.3, -0.25) is 9.59 Å². The molecule has 0 aromatic heterocycles. The molecule has 0 unspecified atom stereocenters. The molecule has 0 aromatic carbocycles. The summed E-state index contributed by atoms with van der Waals surface area (Å²) in [6, 6.07) is -1.89. The molecule has 0 aliphatic carbocycles. The molecule has 100 valence electrons. The number of esters is 1. The first kappa shape index (κ1) is 11.4. The van der Waals surface area contributed by atoms with Gasteiger partial charge in [-0.05, 0) is 25.3 Å². The van der Waals surface area contributed by atoms with Crippen LogP contribution in [0.4, 0.5) is 0 Å². The first-order valence-electron chi connectivity index (χ1n) is 6.73. The fourth-order valence-electron chi connectivity index (χ4n) is 1.56. The van der Waals surface area contributed by atoms with E-state index in [9.17, 15) is 14.4 Å². The fraction of sp³-hybridized carbons (Fsp3) is 0.583. The zero-order valence-electron chi connectivity index (χ0n) is 12.0. The van der Waals surface area contributed by atoms with Gasteiger partial charge in [0, 0.05) is 19.1 Å². The molecule has 1 rings (SSSR count). The van der Waals surface area contributed by atoms with Gasteiger partial charge in [0.15, 0.2) is 12.4 Å². The molecule has 0 spiro atoms. The van der Waals surface area contributed by atoms with Crippen LogP contribution < -0.4 is 0 Å². The highest BCUT2D eigenvalue weighted by Crippen LogP contribution is 2.08. The van der Waals surface area contributed by atoms with E-state index in [-0.39, 0.29) is 5.91 Å². The summed E-state index contributed by atoms with van der Waals surface area (Å²) in [6.07, 6.45) is 2.88. The summed E-state index contributed by atoms with van der Waals surface area (Å²) in [5.41, 5.74) is 0. The number of hydrogen-bond acceptors (Lipinski definition) is 5. The first-order valence-corrected chi connectivity index (χ1v) is 5.73. The number of nitrogens with zero attached hydrogens (tertiary/aromatic N) is 1. The van der Waals surface area contributed by atoms with Crippen LogP contribution in [-0.2, 0) is 19.1 Å². The van der Waals surface area contributed by atoms with Crippen molar-refractivity contribution in [3.8, 4) is 0 Å². The van der Waals surface area contributed by atoms with E-state index in [1.807, 2.05) is 0 Å². The second-order valence-electron chi connectivity index (χ2n) is 3.85. The molecule has 0 aromatic rings. The van der Waals surface area contributed by atoms with Crippen LogP contribution in [0.5, 0.6) is 0 Å². The molecule has 1 amide bonds. The number of hydrogen-bond donors (Lipinski definition) is 1. The number of aliphatic hydroxyl groups is 1. The summed E-state index contributed by atoms with van der Waals surface area (Å²) in [5, 5.41) is 8.52. The number of carbonyl (C=O) groups excluding carboxylic acids is 3. The highest BCUT2D eigenvalue weighted by Gasteiger charge is 2.17. The highest BCUT2D eigenvalue weighted by molar-refractivity contribution is 5.96. The van der Waals surface area contributed by atoms with Crippen LogP contribution in [-0.4, -0.2) is 54.0 Å². The van der Waals surface area contributed by atoms with E-state index < -0.39 is 37.1 Å². The number of likely N-dealkylation sites (tertiary alicyclic amines) is 1. The molecule has 18 heavy (non-hydrogen) atoms. The third-order valence-electron chi connectivity index (χ3n) is 2.48. The molecule has 0 atom stereocenters. The van der Waals surface area contributed by atoms with Gasteiger partial charge in [-0.2, -0.15) is 0 Å². The molecule has 6 nitrogen and oxygen atoms in total. The van der Waals surface area contributed by atoms with Gasteiger partial charge in [0.1, 0.15) is 6.61 Å². The molecule has 1 saturated heterocycles. The Balaban J connectivity index is 2.50. The van der Waals surface area contributed by atoms with Crippen LogP contribution in [0.15, 0.2) is 12.1 Å². The zero-order valence-corrected chi connectivity index (χ0v) is 9.98. The van der Waals surface area contributed by atoms with E-state index in [1.54, 1.807) is 4.90 Å². The average Bonchev–Trinajstić information content (AvgIpc) is 2.50. The van der Waals surface area contributed by atoms with Gasteiger partial charge in [-0.25, -0.2) is 4.79 Å². The minimum absolute atomic E-state index is 0.356. The third-order valence-corrected chi connectivity index (χ3v) is 2.48.